The van der Waals surface area contributed by atoms with Gasteiger partial charge in [0.1, 0.15) is 15.7 Å². The molecule has 42 heavy (non-hydrogen) atoms. The molecule has 9 nitrogen and oxygen atoms in total. The number of rotatable bonds is 6. The SMILES string of the molecule is COC(=O)c1cccc(NC(=O)c2ccc3c(c2)C2(CCS(=O)(=O)CC2)C(C2CC2)N3S(=O)(=O)c2ccc(F)cc2)c1. The predicted molar refractivity (Wildman–Crippen MR) is 154 cm³/mol. The first-order valence-corrected chi connectivity index (χ1v) is 16.9. The van der Waals surface area contributed by atoms with Crippen molar-refractivity contribution < 1.29 is 35.6 Å². The van der Waals surface area contributed by atoms with Crippen LogP contribution in [0.5, 0.6) is 0 Å². The monoisotopic (exact) mass is 612 g/mol. The predicted octanol–water partition coefficient (Wildman–Crippen LogP) is 4.30. The zero-order valence-corrected chi connectivity index (χ0v) is 24.4. The molecule has 220 valence electrons. The van der Waals surface area contributed by atoms with Gasteiger partial charge < -0.3 is 10.1 Å². The number of nitrogens with one attached hydrogen (secondary N) is 1. The molecule has 2 fully saturated rings. The van der Waals surface area contributed by atoms with Crippen molar-refractivity contribution in [1.82, 2.24) is 0 Å². The molecule has 1 amide bonds. The number of hydrogen-bond donors (Lipinski definition) is 1. The van der Waals surface area contributed by atoms with Gasteiger partial charge in [-0.2, -0.15) is 0 Å². The molecule has 1 atom stereocenters. The van der Waals surface area contributed by atoms with E-state index >= 15 is 0 Å². The maximum absolute atomic E-state index is 14.1. The number of carbonyl (C=O) groups is 2. The van der Waals surface area contributed by atoms with E-state index in [1.165, 1.54) is 35.7 Å². The van der Waals surface area contributed by atoms with Crippen LogP contribution in [-0.2, 0) is 30.0 Å². The van der Waals surface area contributed by atoms with E-state index in [4.69, 9.17) is 4.74 Å². The molecule has 2 heterocycles. The number of amides is 1. The standard InChI is InChI=1S/C30H29FN2O7S2/c1-40-29(35)21-3-2-4-23(17-21)32-28(34)20-7-12-26-25(18-20)30(13-15-41(36,37)16-14-30)27(19-5-6-19)33(26)42(38,39)24-10-8-22(31)9-11-24/h2-4,7-12,17-19,27H,5-6,13-16H2,1H3,(H,32,34). The van der Waals surface area contributed by atoms with Crippen molar-refractivity contribution >= 4 is 43.1 Å². The number of benzene rings is 3. The van der Waals surface area contributed by atoms with Crippen LogP contribution in [0.1, 0.15) is 52.0 Å². The lowest BCUT2D eigenvalue weighted by Gasteiger charge is -2.41. The number of esters is 1. The van der Waals surface area contributed by atoms with E-state index in [2.05, 4.69) is 5.32 Å². The first-order chi connectivity index (χ1) is 19.9. The van der Waals surface area contributed by atoms with Gasteiger partial charge in [-0.05, 0) is 97.8 Å². The van der Waals surface area contributed by atoms with Gasteiger partial charge in [0.25, 0.3) is 15.9 Å². The van der Waals surface area contributed by atoms with Gasteiger partial charge in [0.2, 0.25) is 0 Å². The third-order valence-electron chi connectivity index (χ3n) is 8.55. The highest BCUT2D eigenvalue weighted by atomic mass is 32.2. The van der Waals surface area contributed by atoms with Crippen molar-refractivity contribution in [3.63, 3.8) is 0 Å². The van der Waals surface area contributed by atoms with E-state index < -0.39 is 49.0 Å². The van der Waals surface area contributed by atoms with Crippen LogP contribution in [0.15, 0.2) is 71.6 Å². The van der Waals surface area contributed by atoms with Crippen molar-refractivity contribution in [2.75, 3.05) is 28.2 Å². The fourth-order valence-corrected chi connectivity index (χ4v) is 9.72. The van der Waals surface area contributed by atoms with Crippen molar-refractivity contribution in [2.24, 2.45) is 5.92 Å². The summed E-state index contributed by atoms with van der Waals surface area (Å²) in [5.74, 6) is -1.73. The minimum Gasteiger partial charge on any atom is -0.465 e. The average molecular weight is 613 g/mol. The third-order valence-corrected chi connectivity index (χ3v) is 12.0. The topological polar surface area (TPSA) is 127 Å². The molecule has 1 saturated heterocycles. The molecule has 3 aromatic rings. The molecule has 0 radical (unpaired) electrons. The van der Waals surface area contributed by atoms with Gasteiger partial charge in [-0.1, -0.05) is 6.07 Å². The van der Waals surface area contributed by atoms with Crippen LogP contribution in [0.4, 0.5) is 15.8 Å². The summed E-state index contributed by atoms with van der Waals surface area (Å²) < 4.78 is 73.2. The Hall–Kier alpha value is -3.77. The minimum atomic E-state index is -4.15. The highest BCUT2D eigenvalue weighted by Crippen LogP contribution is 2.59. The fourth-order valence-electron chi connectivity index (χ4n) is 6.37. The summed E-state index contributed by atoms with van der Waals surface area (Å²) >= 11 is 0. The third kappa shape index (κ3) is 4.86. The molecule has 1 aliphatic carbocycles. The molecule has 1 unspecified atom stereocenters. The quantitative estimate of drug-likeness (QED) is 0.412. The molecule has 0 aromatic heterocycles. The summed E-state index contributed by atoms with van der Waals surface area (Å²) in [6.07, 6.45) is 2.05. The molecule has 0 bridgehead atoms. The van der Waals surface area contributed by atoms with E-state index in [1.807, 2.05) is 0 Å². The molecule has 1 N–H and O–H groups in total. The second-order valence-electron chi connectivity index (χ2n) is 11.1. The number of hydrogen-bond acceptors (Lipinski definition) is 7. The molecule has 6 rings (SSSR count). The Labute approximate surface area is 243 Å². The van der Waals surface area contributed by atoms with E-state index in [-0.39, 0.29) is 46.3 Å². The Morgan fingerprint density at radius 2 is 1.67 bits per heavy atom. The highest BCUT2D eigenvalue weighted by Gasteiger charge is 2.60. The van der Waals surface area contributed by atoms with E-state index in [0.717, 1.165) is 25.0 Å². The largest absolute Gasteiger partial charge is 0.465 e. The Morgan fingerprint density at radius 1 is 0.976 bits per heavy atom. The second kappa shape index (κ2) is 10.2. The first-order valence-electron chi connectivity index (χ1n) is 13.6. The van der Waals surface area contributed by atoms with Gasteiger partial charge in [0.15, 0.2) is 0 Å². The highest BCUT2D eigenvalue weighted by molar-refractivity contribution is 7.93. The summed E-state index contributed by atoms with van der Waals surface area (Å²) in [6.45, 7) is 0. The van der Waals surface area contributed by atoms with Gasteiger partial charge >= 0.3 is 5.97 Å². The van der Waals surface area contributed by atoms with Crippen molar-refractivity contribution in [2.45, 2.75) is 42.0 Å². The number of nitrogens with zero attached hydrogens (tertiary/aromatic N) is 1. The Kier molecular flexibility index (Phi) is 6.88. The average Bonchev–Trinajstić information content (AvgIpc) is 3.77. The first kappa shape index (κ1) is 28.4. The second-order valence-corrected chi connectivity index (χ2v) is 15.2. The summed E-state index contributed by atoms with van der Waals surface area (Å²) in [6, 6.07) is 15.2. The Bertz CT molecular complexity index is 1790. The van der Waals surface area contributed by atoms with Crippen LogP contribution in [-0.4, -0.2) is 53.4 Å². The summed E-state index contributed by atoms with van der Waals surface area (Å²) in [4.78, 5) is 25.3. The lowest BCUT2D eigenvalue weighted by molar-refractivity contribution is 0.0600. The van der Waals surface area contributed by atoms with Crippen LogP contribution in [0, 0.1) is 11.7 Å². The van der Waals surface area contributed by atoms with Crippen molar-refractivity contribution in [3.8, 4) is 0 Å². The molecule has 3 aromatic carbocycles. The summed E-state index contributed by atoms with van der Waals surface area (Å²) in [5.41, 5.74) is 1.12. The van der Waals surface area contributed by atoms with Gasteiger partial charge in [0, 0.05) is 16.7 Å². The van der Waals surface area contributed by atoms with E-state index in [1.54, 1.807) is 30.3 Å². The molecule has 1 spiro atoms. The van der Waals surface area contributed by atoms with Gasteiger partial charge in [-0.15, -0.1) is 0 Å². The normalized spacial score (nSPS) is 20.6. The number of ether oxygens (including phenoxy) is 1. The van der Waals surface area contributed by atoms with E-state index in [9.17, 15) is 30.8 Å². The van der Waals surface area contributed by atoms with Gasteiger partial charge in [0.05, 0.1) is 40.8 Å². The molecular weight excluding hydrogens is 583 g/mol. The molecule has 12 heteroatoms. The number of anilines is 2. The Morgan fingerprint density at radius 3 is 2.31 bits per heavy atom. The lowest BCUT2D eigenvalue weighted by atomic mass is 9.70. The van der Waals surface area contributed by atoms with Crippen LogP contribution < -0.4 is 9.62 Å². The number of sulfonamides is 1. The number of carbonyl (C=O) groups excluding carboxylic acids is 2. The minimum absolute atomic E-state index is 0.0202. The lowest BCUT2D eigenvalue weighted by Crippen LogP contribution is -2.52. The molecule has 2 aliphatic heterocycles. The zero-order valence-electron chi connectivity index (χ0n) is 22.7. The van der Waals surface area contributed by atoms with Crippen molar-refractivity contribution in [1.29, 1.82) is 0 Å². The maximum Gasteiger partial charge on any atom is 0.337 e. The van der Waals surface area contributed by atoms with Gasteiger partial charge in [-0.25, -0.2) is 26.0 Å². The fraction of sp³-hybridized carbons (Fsp3) is 0.333. The Balaban J connectivity index is 1.44. The number of methoxy groups -OCH3 is 1. The van der Waals surface area contributed by atoms with E-state index in [0.29, 0.717) is 16.9 Å². The summed E-state index contributed by atoms with van der Waals surface area (Å²) in [7, 11) is -6.18. The van der Waals surface area contributed by atoms with Crippen molar-refractivity contribution in [3.05, 3.63) is 89.2 Å². The number of sulfone groups is 1. The smallest absolute Gasteiger partial charge is 0.337 e. The van der Waals surface area contributed by atoms with Crippen LogP contribution >= 0.6 is 0 Å². The molecular formula is C30H29FN2O7S2. The van der Waals surface area contributed by atoms with Crippen LogP contribution in [0.25, 0.3) is 0 Å². The zero-order chi connectivity index (χ0) is 29.9. The van der Waals surface area contributed by atoms with Crippen LogP contribution in [0.3, 0.4) is 0 Å². The summed E-state index contributed by atoms with van der Waals surface area (Å²) in [5, 5.41) is 2.78. The van der Waals surface area contributed by atoms with Crippen LogP contribution in [0.2, 0.25) is 0 Å². The van der Waals surface area contributed by atoms with Gasteiger partial charge in [-0.3, -0.25) is 9.10 Å². The molecule has 3 aliphatic rings. The number of fused-ring (bicyclic) bond motifs is 2. The molecule has 1 saturated carbocycles. The number of halogens is 1. The maximum atomic E-state index is 14.1.